The van der Waals surface area contributed by atoms with E-state index in [4.69, 9.17) is 33.0 Å². The summed E-state index contributed by atoms with van der Waals surface area (Å²) in [5.74, 6) is -0.709. The van der Waals surface area contributed by atoms with Gasteiger partial charge in [0, 0.05) is 17.6 Å². The van der Waals surface area contributed by atoms with Crippen LogP contribution in [0.25, 0.3) is 0 Å². The van der Waals surface area contributed by atoms with Gasteiger partial charge in [0.05, 0.1) is 14.9 Å². The Labute approximate surface area is 159 Å². The van der Waals surface area contributed by atoms with Crippen molar-refractivity contribution in [3.63, 3.8) is 0 Å². The van der Waals surface area contributed by atoms with E-state index in [9.17, 15) is 13.2 Å². The zero-order valence-corrected chi connectivity index (χ0v) is 15.2. The molecule has 10 heteroatoms. The molecule has 0 aromatic heterocycles. The molecule has 2 aromatic rings. The van der Waals surface area contributed by atoms with Gasteiger partial charge in [-0.2, -0.15) is 13.7 Å². The lowest BCUT2D eigenvalue weighted by Gasteiger charge is -2.06. The number of carbonyl (C=O) groups excluding carboxylic acids is 1. The first-order chi connectivity index (χ1) is 12.2. The van der Waals surface area contributed by atoms with Crippen LogP contribution >= 0.6 is 23.2 Å². The van der Waals surface area contributed by atoms with Gasteiger partial charge in [0.2, 0.25) is 0 Å². The molecular weight excluding hydrogens is 401 g/mol. The van der Waals surface area contributed by atoms with Crippen molar-refractivity contribution in [1.82, 2.24) is 0 Å². The van der Waals surface area contributed by atoms with Crippen molar-refractivity contribution in [1.29, 1.82) is 5.26 Å². The van der Waals surface area contributed by atoms with Gasteiger partial charge in [0.15, 0.2) is 0 Å². The number of nitrogens with zero attached hydrogens (tertiary/aromatic N) is 1. The number of hydrogen-bond acceptors (Lipinski definition) is 5. The lowest BCUT2D eigenvalue weighted by molar-refractivity contribution is -0.112. The Morgan fingerprint density at radius 1 is 1.08 bits per heavy atom. The van der Waals surface area contributed by atoms with Crippen LogP contribution in [0, 0.1) is 11.3 Å². The van der Waals surface area contributed by atoms with E-state index < -0.39 is 16.0 Å². The highest BCUT2D eigenvalue weighted by Crippen LogP contribution is 2.25. The predicted molar refractivity (Wildman–Crippen MR) is 98.7 cm³/mol. The highest BCUT2D eigenvalue weighted by molar-refractivity contribution is 7.85. The van der Waals surface area contributed by atoms with E-state index in [-0.39, 0.29) is 16.2 Å². The summed E-state index contributed by atoms with van der Waals surface area (Å²) in [6.07, 6.45) is 1.20. The maximum absolute atomic E-state index is 12.1. The van der Waals surface area contributed by atoms with Gasteiger partial charge in [0.25, 0.3) is 16.0 Å². The summed E-state index contributed by atoms with van der Waals surface area (Å²) in [6, 6.07) is 11.2. The van der Waals surface area contributed by atoms with Crippen LogP contribution in [0.15, 0.2) is 59.1 Å². The molecule has 7 nitrogen and oxygen atoms in total. The number of rotatable bonds is 5. The Hall–Kier alpha value is -2.57. The molecule has 0 radical (unpaired) electrons. The molecule has 0 aliphatic heterocycles. The van der Waals surface area contributed by atoms with E-state index in [0.29, 0.717) is 15.7 Å². The van der Waals surface area contributed by atoms with Crippen LogP contribution in [0.2, 0.25) is 10.0 Å². The number of nitrogens with one attached hydrogen (secondary N) is 2. The molecule has 134 valence electrons. The Bertz CT molecular complexity index is 1010. The molecule has 0 saturated heterocycles. The summed E-state index contributed by atoms with van der Waals surface area (Å²) in [6.45, 7) is 0. The van der Waals surface area contributed by atoms with Gasteiger partial charge < -0.3 is 10.6 Å². The van der Waals surface area contributed by atoms with Crippen molar-refractivity contribution in [2.45, 2.75) is 4.90 Å². The Morgan fingerprint density at radius 2 is 1.69 bits per heavy atom. The van der Waals surface area contributed by atoms with E-state index in [1.165, 1.54) is 24.4 Å². The highest BCUT2D eigenvalue weighted by Gasteiger charge is 2.12. The summed E-state index contributed by atoms with van der Waals surface area (Å²) in [7, 11) is -4.32. The summed E-state index contributed by atoms with van der Waals surface area (Å²) in [5, 5.41) is 15.0. The van der Waals surface area contributed by atoms with Gasteiger partial charge in [-0.1, -0.05) is 23.2 Å². The molecule has 2 aromatic carbocycles. The summed E-state index contributed by atoms with van der Waals surface area (Å²) < 4.78 is 30.9. The molecule has 0 bridgehead atoms. The number of hydrogen-bond donors (Lipinski definition) is 3. The summed E-state index contributed by atoms with van der Waals surface area (Å²) in [4.78, 5) is 11.8. The number of amides is 1. The second-order valence-corrected chi connectivity index (χ2v) is 7.13. The minimum absolute atomic E-state index is 0.227. The molecule has 0 fully saturated rings. The van der Waals surface area contributed by atoms with E-state index >= 15 is 0 Å². The molecule has 0 atom stereocenters. The standard InChI is InChI=1S/C16H11Cl2N3O4S/c17-14-6-3-12(7-15(14)18)20-9-10(8-19)16(22)21-11-1-4-13(5-2-11)26(23,24)25/h1-7,9,20H,(H,21,22)(H,23,24,25)/b10-9-. The zero-order valence-electron chi connectivity index (χ0n) is 12.9. The average molecular weight is 412 g/mol. The monoisotopic (exact) mass is 411 g/mol. The van der Waals surface area contributed by atoms with Crippen molar-refractivity contribution >= 4 is 50.6 Å². The smallest absolute Gasteiger partial charge is 0.294 e. The third-order valence-electron chi connectivity index (χ3n) is 3.08. The third kappa shape index (κ3) is 5.21. The zero-order chi connectivity index (χ0) is 19.3. The Kier molecular flexibility index (Phi) is 6.23. The second kappa shape index (κ2) is 8.21. The Balaban J connectivity index is 2.10. The fourth-order valence-corrected chi connectivity index (χ4v) is 2.58. The molecular formula is C16H11Cl2N3O4S. The van der Waals surface area contributed by atoms with Crippen LogP contribution in [0.5, 0.6) is 0 Å². The van der Waals surface area contributed by atoms with Crippen LogP contribution < -0.4 is 10.6 Å². The lowest BCUT2D eigenvalue weighted by atomic mass is 10.2. The molecule has 1 amide bonds. The molecule has 3 N–H and O–H groups in total. The average Bonchev–Trinajstić information content (AvgIpc) is 2.58. The van der Waals surface area contributed by atoms with Gasteiger partial charge in [-0.15, -0.1) is 0 Å². The minimum Gasteiger partial charge on any atom is -0.360 e. The SMILES string of the molecule is N#C/C(=C/Nc1ccc(Cl)c(Cl)c1)C(=O)Nc1ccc(S(=O)(=O)O)cc1. The second-order valence-electron chi connectivity index (χ2n) is 4.90. The van der Waals surface area contributed by atoms with Gasteiger partial charge in [-0.05, 0) is 42.5 Å². The first kappa shape index (κ1) is 19.8. The lowest BCUT2D eigenvalue weighted by Crippen LogP contribution is -2.14. The molecule has 0 unspecified atom stereocenters. The first-order valence-electron chi connectivity index (χ1n) is 6.91. The van der Waals surface area contributed by atoms with Crippen molar-refractivity contribution < 1.29 is 17.8 Å². The maximum Gasteiger partial charge on any atom is 0.294 e. The molecule has 2 rings (SSSR count). The predicted octanol–water partition coefficient (Wildman–Crippen LogP) is 3.70. The largest absolute Gasteiger partial charge is 0.360 e. The summed E-state index contributed by atoms with van der Waals surface area (Å²) >= 11 is 11.7. The van der Waals surface area contributed by atoms with Gasteiger partial charge >= 0.3 is 0 Å². The molecule has 0 saturated carbocycles. The first-order valence-corrected chi connectivity index (χ1v) is 9.11. The normalized spacial score (nSPS) is 11.5. The molecule has 0 aliphatic rings. The van der Waals surface area contributed by atoms with E-state index in [0.717, 1.165) is 12.1 Å². The number of carbonyl (C=O) groups is 1. The van der Waals surface area contributed by atoms with Crippen LogP contribution in [0.4, 0.5) is 11.4 Å². The third-order valence-corrected chi connectivity index (χ3v) is 4.68. The van der Waals surface area contributed by atoms with E-state index in [2.05, 4.69) is 10.6 Å². The number of benzene rings is 2. The maximum atomic E-state index is 12.1. The molecule has 0 aliphatic carbocycles. The molecule has 0 spiro atoms. The van der Waals surface area contributed by atoms with Gasteiger partial charge in [-0.25, -0.2) is 0 Å². The Morgan fingerprint density at radius 3 is 2.23 bits per heavy atom. The van der Waals surface area contributed by atoms with Crippen LogP contribution in [0.1, 0.15) is 0 Å². The van der Waals surface area contributed by atoms with Gasteiger partial charge in [-0.3, -0.25) is 9.35 Å². The number of halogens is 2. The fraction of sp³-hybridized carbons (Fsp3) is 0. The molecule has 0 heterocycles. The molecule has 26 heavy (non-hydrogen) atoms. The number of nitriles is 1. The highest BCUT2D eigenvalue weighted by atomic mass is 35.5. The van der Waals surface area contributed by atoms with Gasteiger partial charge in [0.1, 0.15) is 11.6 Å². The topological polar surface area (TPSA) is 119 Å². The van der Waals surface area contributed by atoms with Crippen molar-refractivity contribution in [2.75, 3.05) is 10.6 Å². The number of anilines is 2. The van der Waals surface area contributed by atoms with Crippen LogP contribution in [-0.2, 0) is 14.9 Å². The van der Waals surface area contributed by atoms with Crippen molar-refractivity contribution in [3.05, 3.63) is 64.3 Å². The van der Waals surface area contributed by atoms with E-state index in [1.807, 2.05) is 0 Å². The van der Waals surface area contributed by atoms with Crippen molar-refractivity contribution in [3.8, 4) is 6.07 Å². The summed E-state index contributed by atoms with van der Waals surface area (Å²) in [5.41, 5.74) is 0.547. The van der Waals surface area contributed by atoms with Crippen molar-refractivity contribution in [2.24, 2.45) is 0 Å². The van der Waals surface area contributed by atoms with Crippen LogP contribution in [0.3, 0.4) is 0 Å². The fourth-order valence-electron chi connectivity index (χ4n) is 1.80. The minimum atomic E-state index is -4.32. The quantitative estimate of drug-likeness (QED) is 0.391. The van der Waals surface area contributed by atoms with Crippen LogP contribution in [-0.4, -0.2) is 18.9 Å². The van der Waals surface area contributed by atoms with E-state index in [1.54, 1.807) is 18.2 Å².